The Labute approximate surface area is 267 Å². The molecule has 1 heterocycles. The number of Topliss-reactive ketones (excluding diaryl/α,β-unsaturated/α-hetero) is 3. The predicted octanol–water partition coefficient (Wildman–Crippen LogP) is 9.18. The Bertz CT molecular complexity index is 1200. The summed E-state index contributed by atoms with van der Waals surface area (Å²) in [5.74, 6) is -0.164. The first-order valence-corrected chi connectivity index (χ1v) is 17.7. The van der Waals surface area contributed by atoms with E-state index in [2.05, 4.69) is 44.2 Å². The molecule has 1 aliphatic rings. The largest absolute Gasteiger partial charge is 0.508 e. The molecule has 0 amide bonds. The van der Waals surface area contributed by atoms with Crippen LogP contribution >= 0.6 is 44.2 Å². The Morgan fingerprint density at radius 2 is 1.15 bits per heavy atom. The van der Waals surface area contributed by atoms with Crippen LogP contribution in [-0.2, 0) is 4.74 Å². The van der Waals surface area contributed by atoms with Crippen molar-refractivity contribution < 1.29 is 29.3 Å². The van der Waals surface area contributed by atoms with Crippen LogP contribution in [0.4, 0.5) is 0 Å². The van der Waals surface area contributed by atoms with Crippen LogP contribution in [0.2, 0.25) is 0 Å². The van der Waals surface area contributed by atoms with Crippen molar-refractivity contribution in [2.75, 3.05) is 18.5 Å². The van der Waals surface area contributed by atoms with Gasteiger partial charge in [0, 0.05) is 58.7 Å². The molecule has 2 N–H and O–H groups in total. The second kappa shape index (κ2) is 21.4. The van der Waals surface area contributed by atoms with Crippen LogP contribution < -0.4 is 0 Å². The minimum atomic E-state index is -0.220. The zero-order chi connectivity index (χ0) is 31.5. The molecule has 9 heteroatoms. The number of hydrogen-bond acceptors (Lipinski definition) is 6. The van der Waals surface area contributed by atoms with Gasteiger partial charge in [-0.25, -0.2) is 0 Å². The molecule has 0 atom stereocenters. The Morgan fingerprint density at radius 1 is 0.707 bits per heavy atom. The summed E-state index contributed by atoms with van der Waals surface area (Å²) < 4.78 is 4.94. The molecule has 0 aliphatic carbocycles. The van der Waals surface area contributed by atoms with Crippen LogP contribution in [0.3, 0.4) is 0 Å². The van der Waals surface area contributed by atoms with Crippen LogP contribution in [0, 0.1) is 27.7 Å². The first kappa shape index (κ1) is 38.7. The summed E-state index contributed by atoms with van der Waals surface area (Å²) in [5.41, 5.74) is 6.39. The molecule has 1 aliphatic heterocycles. The highest BCUT2D eigenvalue weighted by atomic mass is 80.9. The second-order valence-electron chi connectivity index (χ2n) is 9.33. The number of aromatic hydroxyl groups is 2. The van der Waals surface area contributed by atoms with Crippen molar-refractivity contribution in [1.82, 2.24) is 0 Å². The Hall–Kier alpha value is -2.33. The normalized spacial score (nSPS) is 11.1. The van der Waals surface area contributed by atoms with Crippen molar-refractivity contribution >= 4 is 61.5 Å². The van der Waals surface area contributed by atoms with Gasteiger partial charge in [0.2, 0.25) is 0 Å². The second-order valence-corrected chi connectivity index (χ2v) is 9.89. The van der Waals surface area contributed by atoms with Crippen molar-refractivity contribution in [3.63, 3.8) is 0 Å². The number of alkyl halides is 1. The zero-order valence-electron chi connectivity index (χ0n) is 24.4. The van der Waals surface area contributed by atoms with Gasteiger partial charge in [0.05, 0.1) is 10.9 Å². The third-order valence-corrected chi connectivity index (χ3v) is 6.26. The quantitative estimate of drug-likeness (QED) is 0.203. The molecule has 0 unspecified atom stereocenters. The summed E-state index contributed by atoms with van der Waals surface area (Å²) in [6.45, 7) is 12.9. The van der Waals surface area contributed by atoms with Crippen LogP contribution in [0.15, 0.2) is 54.6 Å². The van der Waals surface area contributed by atoms with E-state index < -0.39 is 0 Å². The van der Waals surface area contributed by atoms with Gasteiger partial charge in [0.15, 0.2) is 17.3 Å². The fourth-order valence-corrected chi connectivity index (χ4v) is 4.04. The highest BCUT2D eigenvalue weighted by molar-refractivity contribution is 9.93. The van der Waals surface area contributed by atoms with Gasteiger partial charge in [0.25, 0.3) is 0 Å². The lowest BCUT2D eigenvalue weighted by molar-refractivity contribution is 0.100. The van der Waals surface area contributed by atoms with Gasteiger partial charge < -0.3 is 14.9 Å². The van der Waals surface area contributed by atoms with Gasteiger partial charge in [-0.2, -0.15) is 0 Å². The summed E-state index contributed by atoms with van der Waals surface area (Å²) >= 11 is 8.65. The van der Waals surface area contributed by atoms with Gasteiger partial charge in [-0.15, -0.1) is 0 Å². The number of ketones is 3. The molecule has 6 nitrogen and oxygen atoms in total. The van der Waals surface area contributed by atoms with E-state index >= 15 is 0 Å². The number of phenols is 2. The number of benzene rings is 3. The van der Waals surface area contributed by atoms with E-state index in [1.54, 1.807) is 6.92 Å². The van der Waals surface area contributed by atoms with Crippen molar-refractivity contribution in [1.29, 1.82) is 0 Å². The highest BCUT2D eigenvalue weighted by Gasteiger charge is 2.07. The number of ether oxygens (including phenoxy) is 1. The SMILES string of the molecule is BrBr.C1CCOC1.CC(=O)c1ccc(C)cc1C.CC(=O)c1ccc(O)cc1O.Cc1ccc(C(=O)CBr)c(C)c1. The Balaban J connectivity index is 0.000000525. The number of aryl methyl sites for hydroxylation is 4. The zero-order valence-corrected chi connectivity index (χ0v) is 29.2. The maximum Gasteiger partial charge on any atom is 0.173 e. The van der Waals surface area contributed by atoms with Crippen LogP contribution in [-0.4, -0.2) is 46.1 Å². The molecule has 0 saturated carbocycles. The van der Waals surface area contributed by atoms with Gasteiger partial charge in [-0.3, -0.25) is 14.4 Å². The van der Waals surface area contributed by atoms with Crippen molar-refractivity contribution in [3.8, 4) is 11.5 Å². The molecule has 4 rings (SSSR count). The molecule has 0 radical (unpaired) electrons. The number of halogens is 3. The molecule has 1 fully saturated rings. The topological polar surface area (TPSA) is 101 Å². The molecule has 1 saturated heterocycles. The molecule has 41 heavy (non-hydrogen) atoms. The van der Waals surface area contributed by atoms with Gasteiger partial charge >= 0.3 is 0 Å². The average Bonchev–Trinajstić information content (AvgIpc) is 3.50. The summed E-state index contributed by atoms with van der Waals surface area (Å²) in [6.07, 6.45) is 2.56. The molecule has 224 valence electrons. The molecule has 3 aromatic carbocycles. The van der Waals surface area contributed by atoms with E-state index in [1.165, 1.54) is 43.0 Å². The van der Waals surface area contributed by atoms with Crippen molar-refractivity contribution in [3.05, 3.63) is 93.5 Å². The predicted molar refractivity (Wildman–Crippen MR) is 178 cm³/mol. The number of rotatable bonds is 4. The van der Waals surface area contributed by atoms with Gasteiger partial charge in [0.1, 0.15) is 11.5 Å². The smallest absolute Gasteiger partial charge is 0.173 e. The number of carbonyl (C=O) groups excluding carboxylic acids is 3. The maximum atomic E-state index is 11.3. The van der Waals surface area contributed by atoms with Crippen molar-refractivity contribution in [2.24, 2.45) is 0 Å². The molecular weight excluding hydrogens is 720 g/mol. The summed E-state index contributed by atoms with van der Waals surface area (Å²) in [5, 5.41) is 18.3. The fourth-order valence-electron chi connectivity index (χ4n) is 3.74. The summed E-state index contributed by atoms with van der Waals surface area (Å²) in [6, 6.07) is 15.6. The fraction of sp³-hybridized carbons (Fsp3) is 0.344. The minimum Gasteiger partial charge on any atom is -0.508 e. The molecule has 0 aromatic heterocycles. The third-order valence-electron chi connectivity index (χ3n) is 5.75. The first-order valence-electron chi connectivity index (χ1n) is 12.9. The van der Waals surface area contributed by atoms with Crippen LogP contribution in [0.5, 0.6) is 11.5 Å². The standard InChI is InChI=1S/C10H11BrO.C10H12O.C8H8O3.C4H8O.Br2/c1-7-3-4-9(8(2)5-7)10(12)6-11;1-7-4-5-10(9(3)11)8(2)6-7;1-5(9)7-3-2-6(10)4-8(7)11;1-2-4-5-3-1;1-2/h3-5H,6H2,1-2H3;4-6H,1-3H3;2-4,10-11H,1H3;1-4H2;. The highest BCUT2D eigenvalue weighted by Crippen LogP contribution is 2.22. The molecular formula is C32H39Br3O6. The van der Waals surface area contributed by atoms with E-state index in [1.807, 2.05) is 64.1 Å². The number of hydrogen-bond donors (Lipinski definition) is 2. The van der Waals surface area contributed by atoms with Gasteiger partial charge in [-0.1, -0.05) is 63.5 Å². The Kier molecular flexibility index (Phi) is 20.2. The van der Waals surface area contributed by atoms with E-state index in [-0.39, 0.29) is 34.4 Å². The average molecular weight is 759 g/mol. The van der Waals surface area contributed by atoms with Crippen molar-refractivity contribution in [2.45, 2.75) is 54.4 Å². The van der Waals surface area contributed by atoms with Crippen LogP contribution in [0.25, 0.3) is 0 Å². The first-order chi connectivity index (χ1) is 19.4. The van der Waals surface area contributed by atoms with E-state index in [0.717, 1.165) is 41.5 Å². The maximum absolute atomic E-state index is 11.3. The monoisotopic (exact) mass is 756 g/mol. The molecule has 3 aromatic rings. The Morgan fingerprint density at radius 3 is 1.49 bits per heavy atom. The van der Waals surface area contributed by atoms with Crippen LogP contribution in [0.1, 0.15) is 80.0 Å². The number of carbonyl (C=O) groups is 3. The number of phenolic OH excluding ortho intramolecular Hbond substituents is 2. The lowest BCUT2D eigenvalue weighted by Crippen LogP contribution is -2.02. The lowest BCUT2D eigenvalue weighted by atomic mass is 10.0. The molecule has 0 bridgehead atoms. The molecule has 0 spiro atoms. The summed E-state index contributed by atoms with van der Waals surface area (Å²) in [7, 11) is 0. The third kappa shape index (κ3) is 15.5. The summed E-state index contributed by atoms with van der Waals surface area (Å²) in [4.78, 5) is 33.0. The van der Waals surface area contributed by atoms with E-state index in [0.29, 0.717) is 5.33 Å². The van der Waals surface area contributed by atoms with E-state index in [4.69, 9.17) is 14.9 Å². The van der Waals surface area contributed by atoms with Gasteiger partial charge in [-0.05, 0) is 77.6 Å². The lowest BCUT2D eigenvalue weighted by Gasteiger charge is -2.02. The minimum absolute atomic E-state index is 0.0486. The van der Waals surface area contributed by atoms with E-state index in [9.17, 15) is 14.4 Å².